The van der Waals surface area contributed by atoms with Crippen LogP contribution in [0.5, 0.6) is 0 Å². The molecule has 0 bridgehead atoms. The van der Waals surface area contributed by atoms with Crippen LogP contribution in [0.1, 0.15) is 26.7 Å². The lowest BCUT2D eigenvalue weighted by atomic mass is 9.92. The number of methoxy groups -OCH3 is 1. The van der Waals surface area contributed by atoms with Gasteiger partial charge < -0.3 is 15.0 Å². The van der Waals surface area contributed by atoms with Crippen molar-refractivity contribution in [1.29, 1.82) is 0 Å². The Kier molecular flexibility index (Phi) is 7.19. The van der Waals surface area contributed by atoms with E-state index in [-0.39, 0.29) is 12.0 Å². The highest BCUT2D eigenvalue weighted by molar-refractivity contribution is 7.98. The Morgan fingerprint density at radius 3 is 2.45 bits per heavy atom. The number of urea groups is 1. The number of hydrogen-bond donors (Lipinski definition) is 1. The van der Waals surface area contributed by atoms with Crippen molar-refractivity contribution in [3.05, 3.63) is 0 Å². The number of nitrogens with one attached hydrogen (secondary N) is 1. The van der Waals surface area contributed by atoms with Gasteiger partial charge in [0.25, 0.3) is 0 Å². The molecule has 0 aromatic carbocycles. The molecule has 1 heterocycles. The zero-order valence-corrected chi connectivity index (χ0v) is 13.7. The smallest absolute Gasteiger partial charge is 0.328 e. The van der Waals surface area contributed by atoms with Crippen LogP contribution in [0.4, 0.5) is 4.79 Å². The lowest BCUT2D eigenvalue weighted by Crippen LogP contribution is -2.52. The summed E-state index contributed by atoms with van der Waals surface area (Å²) in [7, 11) is 1.35. The van der Waals surface area contributed by atoms with Crippen LogP contribution < -0.4 is 5.32 Å². The Morgan fingerprint density at radius 1 is 1.35 bits per heavy atom. The van der Waals surface area contributed by atoms with Gasteiger partial charge in [-0.05, 0) is 36.7 Å². The fourth-order valence-electron chi connectivity index (χ4n) is 2.70. The van der Waals surface area contributed by atoms with Crippen LogP contribution in [-0.4, -0.2) is 55.2 Å². The van der Waals surface area contributed by atoms with Gasteiger partial charge in [0.15, 0.2) is 0 Å². The van der Waals surface area contributed by atoms with Crippen LogP contribution in [0.2, 0.25) is 0 Å². The first kappa shape index (κ1) is 17.1. The molecule has 3 unspecified atom stereocenters. The van der Waals surface area contributed by atoms with E-state index < -0.39 is 6.04 Å². The summed E-state index contributed by atoms with van der Waals surface area (Å²) in [6.07, 6.45) is 3.72. The van der Waals surface area contributed by atoms with E-state index >= 15 is 0 Å². The van der Waals surface area contributed by atoms with Gasteiger partial charge in [0.1, 0.15) is 6.04 Å². The molecule has 0 aromatic heterocycles. The highest BCUT2D eigenvalue weighted by atomic mass is 32.2. The lowest BCUT2D eigenvalue weighted by molar-refractivity contribution is -0.142. The van der Waals surface area contributed by atoms with Gasteiger partial charge in [-0.2, -0.15) is 11.8 Å². The van der Waals surface area contributed by atoms with E-state index in [1.165, 1.54) is 7.11 Å². The molecule has 0 saturated carbocycles. The molecule has 1 aliphatic heterocycles. The third kappa shape index (κ3) is 5.23. The first-order valence-corrected chi connectivity index (χ1v) is 8.49. The average Bonchev–Trinajstić information content (AvgIpc) is 2.41. The van der Waals surface area contributed by atoms with Crippen molar-refractivity contribution in [2.45, 2.75) is 32.7 Å². The molecule has 1 aliphatic rings. The Hall–Kier alpha value is -0.910. The summed E-state index contributed by atoms with van der Waals surface area (Å²) >= 11 is 1.65. The largest absolute Gasteiger partial charge is 0.467 e. The second-order valence-corrected chi connectivity index (χ2v) is 6.64. The molecular weight excluding hydrogens is 276 g/mol. The number of ether oxygens (including phenoxy) is 1. The molecule has 1 rings (SSSR count). The number of thioether (sulfide) groups is 1. The van der Waals surface area contributed by atoms with E-state index in [9.17, 15) is 9.59 Å². The molecule has 20 heavy (non-hydrogen) atoms. The molecule has 6 heteroatoms. The van der Waals surface area contributed by atoms with Crippen molar-refractivity contribution in [3.63, 3.8) is 0 Å². The maximum Gasteiger partial charge on any atom is 0.328 e. The Morgan fingerprint density at radius 2 is 1.95 bits per heavy atom. The minimum Gasteiger partial charge on any atom is -0.467 e. The maximum absolute atomic E-state index is 12.3. The molecule has 1 N–H and O–H groups in total. The van der Waals surface area contributed by atoms with Gasteiger partial charge in [-0.25, -0.2) is 9.59 Å². The van der Waals surface area contributed by atoms with Crippen LogP contribution in [0.15, 0.2) is 0 Å². The molecule has 3 atom stereocenters. The van der Waals surface area contributed by atoms with Crippen molar-refractivity contribution in [2.75, 3.05) is 32.2 Å². The number of likely N-dealkylation sites (tertiary alicyclic amines) is 1. The van der Waals surface area contributed by atoms with Crippen molar-refractivity contribution in [2.24, 2.45) is 11.8 Å². The maximum atomic E-state index is 12.3. The molecule has 0 aromatic rings. The number of rotatable bonds is 5. The van der Waals surface area contributed by atoms with Crippen LogP contribution in [0.25, 0.3) is 0 Å². The fourth-order valence-corrected chi connectivity index (χ4v) is 3.17. The summed E-state index contributed by atoms with van der Waals surface area (Å²) in [6.45, 7) is 5.82. The molecule has 1 fully saturated rings. The number of piperidine rings is 1. The monoisotopic (exact) mass is 302 g/mol. The first-order chi connectivity index (χ1) is 9.47. The zero-order valence-electron chi connectivity index (χ0n) is 12.8. The van der Waals surface area contributed by atoms with Gasteiger partial charge in [-0.15, -0.1) is 0 Å². The Bertz CT molecular complexity index is 328. The van der Waals surface area contributed by atoms with Crippen LogP contribution in [0, 0.1) is 11.8 Å². The number of carbonyl (C=O) groups excluding carboxylic acids is 2. The number of amides is 2. The Balaban J connectivity index is 2.57. The van der Waals surface area contributed by atoms with Gasteiger partial charge in [0.05, 0.1) is 7.11 Å². The van der Waals surface area contributed by atoms with Crippen molar-refractivity contribution < 1.29 is 14.3 Å². The summed E-state index contributed by atoms with van der Waals surface area (Å²) in [6, 6.07) is -0.701. The van der Waals surface area contributed by atoms with Gasteiger partial charge >= 0.3 is 12.0 Å². The van der Waals surface area contributed by atoms with E-state index in [0.29, 0.717) is 18.3 Å². The van der Waals surface area contributed by atoms with Crippen molar-refractivity contribution in [3.8, 4) is 0 Å². The molecular formula is C14H26N2O3S. The summed E-state index contributed by atoms with van der Waals surface area (Å²) in [5.74, 6) is 1.46. The van der Waals surface area contributed by atoms with Gasteiger partial charge in [0.2, 0.25) is 0 Å². The SMILES string of the molecule is COC(=O)C(CCSC)NC(=O)N1CC(C)CC(C)C1. The van der Waals surface area contributed by atoms with Crippen molar-refractivity contribution >= 4 is 23.8 Å². The molecule has 0 aliphatic carbocycles. The van der Waals surface area contributed by atoms with E-state index in [0.717, 1.165) is 25.3 Å². The third-order valence-electron chi connectivity index (χ3n) is 3.55. The normalized spacial score (nSPS) is 24.1. The Labute approximate surface area is 125 Å². The topological polar surface area (TPSA) is 58.6 Å². The summed E-state index contributed by atoms with van der Waals surface area (Å²) in [5.41, 5.74) is 0. The van der Waals surface area contributed by atoms with Crippen molar-refractivity contribution in [1.82, 2.24) is 10.2 Å². The number of esters is 1. The standard InChI is InChI=1S/C14H26N2O3S/c1-10-7-11(2)9-16(8-10)14(18)15-12(5-6-20-4)13(17)19-3/h10-12H,5-9H2,1-4H3,(H,15,18). The first-order valence-electron chi connectivity index (χ1n) is 7.10. The van der Waals surface area contributed by atoms with E-state index in [1.807, 2.05) is 11.2 Å². The second-order valence-electron chi connectivity index (χ2n) is 5.66. The molecule has 0 radical (unpaired) electrons. The molecule has 5 nitrogen and oxygen atoms in total. The summed E-state index contributed by atoms with van der Waals surface area (Å²) in [5, 5.41) is 2.81. The van der Waals surface area contributed by atoms with E-state index in [4.69, 9.17) is 4.74 Å². The number of hydrogen-bond acceptors (Lipinski definition) is 4. The van der Waals surface area contributed by atoms with E-state index in [2.05, 4.69) is 19.2 Å². The predicted molar refractivity (Wildman–Crippen MR) is 81.9 cm³/mol. The zero-order chi connectivity index (χ0) is 15.1. The third-order valence-corrected chi connectivity index (χ3v) is 4.19. The predicted octanol–water partition coefficient (Wildman–Crippen LogP) is 1.97. The minimum absolute atomic E-state index is 0.153. The average molecular weight is 302 g/mol. The molecule has 1 saturated heterocycles. The number of carbonyl (C=O) groups is 2. The van der Waals surface area contributed by atoms with Gasteiger partial charge in [-0.1, -0.05) is 13.8 Å². The van der Waals surface area contributed by atoms with Gasteiger partial charge in [0, 0.05) is 13.1 Å². The van der Waals surface area contributed by atoms with Crippen LogP contribution >= 0.6 is 11.8 Å². The lowest BCUT2D eigenvalue weighted by Gasteiger charge is -2.35. The molecule has 116 valence electrons. The molecule has 2 amide bonds. The summed E-state index contributed by atoms with van der Waals surface area (Å²) < 4.78 is 4.76. The highest BCUT2D eigenvalue weighted by Crippen LogP contribution is 2.21. The van der Waals surface area contributed by atoms with E-state index in [1.54, 1.807) is 11.8 Å². The quantitative estimate of drug-likeness (QED) is 0.789. The minimum atomic E-state index is -0.549. The molecule has 0 spiro atoms. The second kappa shape index (κ2) is 8.39. The highest BCUT2D eigenvalue weighted by Gasteiger charge is 2.28. The number of nitrogens with zero attached hydrogens (tertiary/aromatic N) is 1. The van der Waals surface area contributed by atoms with Crippen LogP contribution in [-0.2, 0) is 9.53 Å². The van der Waals surface area contributed by atoms with Gasteiger partial charge in [-0.3, -0.25) is 0 Å². The summed E-state index contributed by atoms with van der Waals surface area (Å²) in [4.78, 5) is 25.8. The van der Waals surface area contributed by atoms with Crippen LogP contribution in [0.3, 0.4) is 0 Å². The fraction of sp³-hybridized carbons (Fsp3) is 0.857.